The molecule has 1 aliphatic rings. The summed E-state index contributed by atoms with van der Waals surface area (Å²) in [6.45, 7) is 1.94. The molecule has 1 saturated heterocycles. The minimum absolute atomic E-state index is 0.0922. The molecule has 8 heteroatoms. The van der Waals surface area contributed by atoms with Gasteiger partial charge in [0.05, 0.1) is 24.6 Å². The van der Waals surface area contributed by atoms with Gasteiger partial charge in [-0.05, 0) is 17.5 Å². The summed E-state index contributed by atoms with van der Waals surface area (Å²) in [5, 5.41) is 12.8. The molecule has 3 aromatic rings. The lowest BCUT2D eigenvalue weighted by Crippen LogP contribution is -2.40. The number of hydrogen-bond donors (Lipinski definition) is 2. The number of benzene rings is 1. The van der Waals surface area contributed by atoms with E-state index in [-0.39, 0.29) is 25.2 Å². The number of carbonyl (C=O) groups is 1. The summed E-state index contributed by atoms with van der Waals surface area (Å²) in [4.78, 5) is 24.1. The number of nitrogens with zero attached hydrogens (tertiary/aromatic N) is 3. The average Bonchev–Trinajstić information content (AvgIpc) is 3.12. The van der Waals surface area contributed by atoms with Gasteiger partial charge in [0, 0.05) is 35.7 Å². The largest absolute Gasteiger partial charge is 0.395 e. The Hall–Kier alpha value is -2.55. The highest BCUT2D eigenvalue weighted by Gasteiger charge is 2.30. The second-order valence-corrected chi connectivity index (χ2v) is 7.23. The summed E-state index contributed by atoms with van der Waals surface area (Å²) in [5.74, 6) is 0.480. The second kappa shape index (κ2) is 7.99. The van der Waals surface area contributed by atoms with Crippen LogP contribution in [0.5, 0.6) is 0 Å². The lowest BCUT2D eigenvalue weighted by atomic mass is 10.0. The van der Waals surface area contributed by atoms with Crippen molar-refractivity contribution in [2.45, 2.75) is 6.10 Å². The third kappa shape index (κ3) is 3.64. The van der Waals surface area contributed by atoms with Crippen LogP contribution in [0.1, 0.15) is 21.3 Å². The van der Waals surface area contributed by atoms with Gasteiger partial charge < -0.3 is 20.1 Å². The van der Waals surface area contributed by atoms with E-state index in [9.17, 15) is 4.79 Å². The second-order valence-electron chi connectivity index (χ2n) is 6.17. The molecule has 1 aliphatic heterocycles. The standard InChI is InChI=1S/C19H20N4O3S/c24-10-8-20-18(25)17-16(13-4-1-2-5-15(13)27-17)14-12-23(9-11-26-14)19-21-6-3-7-22-19/h1-7,14,24H,8-12H2,(H,20,25)/t14-/m1/s1. The fourth-order valence-electron chi connectivity index (χ4n) is 3.26. The molecule has 2 aromatic heterocycles. The summed E-state index contributed by atoms with van der Waals surface area (Å²) in [7, 11) is 0. The van der Waals surface area contributed by atoms with Crippen LogP contribution in [0.15, 0.2) is 42.7 Å². The van der Waals surface area contributed by atoms with Gasteiger partial charge in [0.2, 0.25) is 5.95 Å². The van der Waals surface area contributed by atoms with Crippen molar-refractivity contribution in [1.82, 2.24) is 15.3 Å². The number of nitrogens with one attached hydrogen (secondary N) is 1. The van der Waals surface area contributed by atoms with Crippen LogP contribution in [0.25, 0.3) is 10.1 Å². The van der Waals surface area contributed by atoms with Crippen LogP contribution in [0, 0.1) is 0 Å². The highest BCUT2D eigenvalue weighted by Crippen LogP contribution is 2.38. The Balaban J connectivity index is 1.70. The van der Waals surface area contributed by atoms with Gasteiger partial charge in [-0.3, -0.25) is 4.79 Å². The molecule has 1 aromatic carbocycles. The van der Waals surface area contributed by atoms with Gasteiger partial charge in [-0.15, -0.1) is 11.3 Å². The summed E-state index contributed by atoms with van der Waals surface area (Å²) < 4.78 is 7.10. The van der Waals surface area contributed by atoms with E-state index in [1.165, 1.54) is 11.3 Å². The number of fused-ring (bicyclic) bond motifs is 1. The number of hydrogen-bond acceptors (Lipinski definition) is 7. The molecule has 0 aliphatic carbocycles. The fourth-order valence-corrected chi connectivity index (χ4v) is 4.43. The Morgan fingerprint density at radius 2 is 2.11 bits per heavy atom. The van der Waals surface area contributed by atoms with E-state index in [0.717, 1.165) is 15.6 Å². The molecule has 3 heterocycles. The van der Waals surface area contributed by atoms with Crippen molar-refractivity contribution in [3.63, 3.8) is 0 Å². The first-order valence-corrected chi connectivity index (χ1v) is 9.63. The predicted octanol–water partition coefficient (Wildman–Crippen LogP) is 1.99. The molecule has 7 nitrogen and oxygen atoms in total. The van der Waals surface area contributed by atoms with Crippen molar-refractivity contribution in [2.24, 2.45) is 0 Å². The van der Waals surface area contributed by atoms with Gasteiger partial charge in [0.15, 0.2) is 0 Å². The highest BCUT2D eigenvalue weighted by molar-refractivity contribution is 7.21. The lowest BCUT2D eigenvalue weighted by molar-refractivity contribution is 0.0396. The van der Waals surface area contributed by atoms with E-state index in [1.807, 2.05) is 24.3 Å². The van der Waals surface area contributed by atoms with Crippen molar-refractivity contribution in [3.05, 3.63) is 53.2 Å². The third-order valence-electron chi connectivity index (χ3n) is 4.46. The van der Waals surface area contributed by atoms with Crippen LogP contribution in [0.3, 0.4) is 0 Å². The quantitative estimate of drug-likeness (QED) is 0.700. The average molecular weight is 384 g/mol. The third-order valence-corrected chi connectivity index (χ3v) is 5.65. The molecule has 1 amide bonds. The first-order chi connectivity index (χ1) is 13.3. The van der Waals surface area contributed by atoms with E-state index in [1.54, 1.807) is 18.5 Å². The van der Waals surface area contributed by atoms with Crippen molar-refractivity contribution >= 4 is 33.3 Å². The topological polar surface area (TPSA) is 87.6 Å². The summed E-state index contributed by atoms with van der Waals surface area (Å²) >= 11 is 1.45. The number of amides is 1. The maximum atomic E-state index is 12.7. The Kier molecular flexibility index (Phi) is 5.28. The first-order valence-electron chi connectivity index (χ1n) is 8.82. The smallest absolute Gasteiger partial charge is 0.261 e. The van der Waals surface area contributed by atoms with Crippen LogP contribution in [0.2, 0.25) is 0 Å². The van der Waals surface area contributed by atoms with Crippen molar-refractivity contribution in [2.75, 3.05) is 37.7 Å². The van der Waals surface area contributed by atoms with Crippen LogP contribution in [-0.4, -0.2) is 53.8 Å². The number of carbonyl (C=O) groups excluding carboxylic acids is 1. The summed E-state index contributed by atoms with van der Waals surface area (Å²) in [6, 6.07) is 9.74. The highest BCUT2D eigenvalue weighted by atomic mass is 32.1. The van der Waals surface area contributed by atoms with E-state index in [4.69, 9.17) is 9.84 Å². The molecule has 0 radical (unpaired) electrons. The molecule has 140 valence electrons. The number of anilines is 1. The van der Waals surface area contributed by atoms with Crippen molar-refractivity contribution < 1.29 is 14.6 Å². The Morgan fingerprint density at radius 3 is 2.93 bits per heavy atom. The molecule has 4 rings (SSSR count). The van der Waals surface area contributed by atoms with Gasteiger partial charge >= 0.3 is 0 Å². The Bertz CT molecular complexity index is 931. The predicted molar refractivity (Wildman–Crippen MR) is 104 cm³/mol. The van der Waals surface area contributed by atoms with Crippen LogP contribution in [0.4, 0.5) is 5.95 Å². The number of morpholine rings is 1. The maximum absolute atomic E-state index is 12.7. The fraction of sp³-hybridized carbons (Fsp3) is 0.316. The number of thiophene rings is 1. The molecule has 0 saturated carbocycles. The molecule has 0 unspecified atom stereocenters. The molecular formula is C19H20N4O3S. The van der Waals surface area contributed by atoms with Crippen molar-refractivity contribution in [3.8, 4) is 0 Å². The zero-order chi connectivity index (χ0) is 18.6. The molecule has 1 fully saturated rings. The van der Waals surface area contributed by atoms with Crippen molar-refractivity contribution in [1.29, 1.82) is 0 Å². The molecule has 0 spiro atoms. The normalized spacial score (nSPS) is 17.2. The van der Waals surface area contributed by atoms with Crippen LogP contribution < -0.4 is 10.2 Å². The first kappa shape index (κ1) is 17.8. The zero-order valence-corrected chi connectivity index (χ0v) is 15.5. The molecule has 0 bridgehead atoms. The van der Waals surface area contributed by atoms with Crippen LogP contribution in [-0.2, 0) is 4.74 Å². The molecule has 2 N–H and O–H groups in total. The number of rotatable bonds is 5. The van der Waals surface area contributed by atoms with E-state index >= 15 is 0 Å². The monoisotopic (exact) mass is 384 g/mol. The summed E-state index contributed by atoms with van der Waals surface area (Å²) in [6.07, 6.45) is 3.19. The number of aromatic nitrogens is 2. The van der Waals surface area contributed by atoms with Gasteiger partial charge in [-0.25, -0.2) is 9.97 Å². The zero-order valence-electron chi connectivity index (χ0n) is 14.7. The van der Waals surface area contributed by atoms with Gasteiger partial charge in [0.25, 0.3) is 5.91 Å². The minimum atomic E-state index is -0.256. The van der Waals surface area contributed by atoms with E-state index in [0.29, 0.717) is 30.5 Å². The van der Waals surface area contributed by atoms with Gasteiger partial charge in [-0.1, -0.05) is 18.2 Å². The van der Waals surface area contributed by atoms with Gasteiger partial charge in [-0.2, -0.15) is 0 Å². The lowest BCUT2D eigenvalue weighted by Gasteiger charge is -2.33. The van der Waals surface area contributed by atoms with E-state index in [2.05, 4.69) is 20.2 Å². The SMILES string of the molecule is O=C(NCCO)c1sc2ccccc2c1[C@H]1CN(c2ncccn2)CCO1. The Labute approximate surface area is 160 Å². The number of ether oxygens (including phenoxy) is 1. The molecular weight excluding hydrogens is 364 g/mol. The minimum Gasteiger partial charge on any atom is -0.395 e. The molecule has 1 atom stereocenters. The number of aliphatic hydroxyl groups excluding tert-OH is 1. The van der Waals surface area contributed by atoms with Gasteiger partial charge in [0.1, 0.15) is 6.10 Å². The summed E-state index contributed by atoms with van der Waals surface area (Å²) in [5.41, 5.74) is 0.895. The maximum Gasteiger partial charge on any atom is 0.261 e. The van der Waals surface area contributed by atoms with E-state index < -0.39 is 0 Å². The number of aliphatic hydroxyl groups is 1. The Morgan fingerprint density at radius 1 is 1.30 bits per heavy atom. The molecule has 27 heavy (non-hydrogen) atoms. The van der Waals surface area contributed by atoms with Crippen LogP contribution >= 0.6 is 11.3 Å².